The third kappa shape index (κ3) is 6.50. The highest BCUT2D eigenvalue weighted by atomic mass is 35.5. The van der Waals surface area contributed by atoms with Crippen molar-refractivity contribution in [2.45, 2.75) is 39.4 Å². The van der Waals surface area contributed by atoms with Gasteiger partial charge in [-0.25, -0.2) is 8.42 Å². The van der Waals surface area contributed by atoms with E-state index in [0.717, 1.165) is 10.6 Å². The van der Waals surface area contributed by atoms with Crippen LogP contribution in [-0.4, -0.2) is 56.8 Å². The Hall–Kier alpha value is -2.69. The van der Waals surface area contributed by atoms with Crippen molar-refractivity contribution in [3.8, 4) is 11.5 Å². The lowest BCUT2D eigenvalue weighted by Crippen LogP contribution is -2.52. The number of sulfonamides is 1. The first kappa shape index (κ1) is 26.9. The molecule has 1 N–H and O–H groups in total. The van der Waals surface area contributed by atoms with Crippen molar-refractivity contribution in [1.82, 2.24) is 10.2 Å². The molecular formula is C23H27Cl2N3O6S. The maximum atomic E-state index is 13.6. The van der Waals surface area contributed by atoms with E-state index in [1.165, 1.54) is 17.0 Å². The van der Waals surface area contributed by atoms with Crippen molar-refractivity contribution in [3.63, 3.8) is 0 Å². The highest BCUT2D eigenvalue weighted by Crippen LogP contribution is 2.36. The summed E-state index contributed by atoms with van der Waals surface area (Å²) in [7, 11) is -3.88. The molecule has 1 atom stereocenters. The second kappa shape index (κ2) is 10.9. The van der Waals surface area contributed by atoms with Crippen LogP contribution in [0.3, 0.4) is 0 Å². The Kier molecular flexibility index (Phi) is 8.40. The lowest BCUT2D eigenvalue weighted by Gasteiger charge is -2.32. The fourth-order valence-electron chi connectivity index (χ4n) is 3.50. The summed E-state index contributed by atoms with van der Waals surface area (Å²) in [6.45, 7) is 4.53. The molecule has 0 saturated heterocycles. The van der Waals surface area contributed by atoms with Gasteiger partial charge in [0, 0.05) is 34.3 Å². The molecule has 0 fully saturated rings. The largest absolute Gasteiger partial charge is 0.454 e. The van der Waals surface area contributed by atoms with E-state index in [1.54, 1.807) is 45.0 Å². The summed E-state index contributed by atoms with van der Waals surface area (Å²) in [5.74, 6) is -0.170. The predicted octanol–water partition coefficient (Wildman–Crippen LogP) is 3.43. The zero-order chi connectivity index (χ0) is 25.9. The first-order valence-corrected chi connectivity index (χ1v) is 13.4. The molecule has 0 unspecified atom stereocenters. The first-order valence-electron chi connectivity index (χ1n) is 10.8. The Labute approximate surface area is 214 Å². The van der Waals surface area contributed by atoms with Crippen LogP contribution in [0.15, 0.2) is 36.4 Å². The number of anilines is 1. The summed E-state index contributed by atoms with van der Waals surface area (Å²) in [6, 6.07) is 8.40. The van der Waals surface area contributed by atoms with E-state index in [9.17, 15) is 18.0 Å². The number of amides is 2. The lowest BCUT2D eigenvalue weighted by atomic mass is 10.1. The molecule has 2 aromatic carbocycles. The number of halogens is 2. The lowest BCUT2D eigenvalue weighted by molar-refractivity contribution is -0.139. The summed E-state index contributed by atoms with van der Waals surface area (Å²) >= 11 is 12.6. The van der Waals surface area contributed by atoms with Crippen LogP contribution >= 0.6 is 23.2 Å². The molecule has 0 bridgehead atoms. The standard InChI is InChI=1S/C23H27Cl2N3O6S/c1-14(2)26-23(30)15(3)27(11-17-18(24)6-5-7-19(17)25)22(29)12-28(35(4,31)32)16-8-9-20-21(10-16)34-13-33-20/h5-10,14-15H,11-13H2,1-4H3,(H,26,30)/t15-/m0/s1. The summed E-state index contributed by atoms with van der Waals surface area (Å²) in [5, 5.41) is 3.42. The number of nitrogens with zero attached hydrogens (tertiary/aromatic N) is 2. The van der Waals surface area contributed by atoms with Gasteiger partial charge in [0.15, 0.2) is 11.5 Å². The number of carbonyl (C=O) groups excluding carboxylic acids is 2. The number of benzene rings is 2. The number of rotatable bonds is 9. The van der Waals surface area contributed by atoms with E-state index in [-0.39, 0.29) is 25.1 Å². The molecule has 35 heavy (non-hydrogen) atoms. The van der Waals surface area contributed by atoms with Gasteiger partial charge in [-0.05, 0) is 45.0 Å². The van der Waals surface area contributed by atoms with Crippen LogP contribution in [0.5, 0.6) is 11.5 Å². The average Bonchev–Trinajstić information content (AvgIpc) is 3.23. The normalized spacial score (nSPS) is 13.5. The summed E-state index contributed by atoms with van der Waals surface area (Å²) < 4.78 is 36.9. The molecule has 2 amide bonds. The summed E-state index contributed by atoms with van der Waals surface area (Å²) in [4.78, 5) is 27.6. The zero-order valence-electron chi connectivity index (χ0n) is 19.7. The topological polar surface area (TPSA) is 105 Å². The second-order valence-corrected chi connectivity index (χ2v) is 11.1. The second-order valence-electron chi connectivity index (χ2n) is 8.37. The van der Waals surface area contributed by atoms with Gasteiger partial charge in [0.25, 0.3) is 0 Å². The van der Waals surface area contributed by atoms with Crippen LogP contribution in [0.4, 0.5) is 5.69 Å². The first-order chi connectivity index (χ1) is 16.4. The quantitative estimate of drug-likeness (QED) is 0.519. The number of carbonyl (C=O) groups is 2. The van der Waals surface area contributed by atoms with E-state index >= 15 is 0 Å². The fraction of sp³-hybridized carbons (Fsp3) is 0.391. The molecule has 3 rings (SSSR count). The van der Waals surface area contributed by atoms with Gasteiger partial charge < -0.3 is 19.7 Å². The molecule has 2 aromatic rings. The SMILES string of the molecule is CC(C)NC(=O)[C@H](C)N(Cc1c(Cl)cccc1Cl)C(=O)CN(c1ccc2c(c1)OCO2)S(C)(=O)=O. The van der Waals surface area contributed by atoms with Gasteiger partial charge in [-0.15, -0.1) is 0 Å². The van der Waals surface area contributed by atoms with Crippen molar-refractivity contribution < 1.29 is 27.5 Å². The molecule has 12 heteroatoms. The number of ether oxygens (including phenoxy) is 2. The van der Waals surface area contributed by atoms with Gasteiger partial charge >= 0.3 is 0 Å². The molecule has 0 aromatic heterocycles. The summed E-state index contributed by atoms with van der Waals surface area (Å²) in [5.41, 5.74) is 0.669. The van der Waals surface area contributed by atoms with E-state index in [0.29, 0.717) is 27.1 Å². The maximum absolute atomic E-state index is 13.6. The van der Waals surface area contributed by atoms with Crippen molar-refractivity contribution in [2.24, 2.45) is 0 Å². The third-order valence-electron chi connectivity index (χ3n) is 5.31. The zero-order valence-corrected chi connectivity index (χ0v) is 22.1. The van der Waals surface area contributed by atoms with Crippen LogP contribution in [0.2, 0.25) is 10.0 Å². The number of fused-ring (bicyclic) bond motifs is 1. The minimum atomic E-state index is -3.88. The molecule has 0 aliphatic carbocycles. The third-order valence-corrected chi connectivity index (χ3v) is 7.16. The van der Waals surface area contributed by atoms with Gasteiger partial charge in [-0.3, -0.25) is 13.9 Å². The van der Waals surface area contributed by atoms with Crippen molar-refractivity contribution >= 4 is 50.7 Å². The van der Waals surface area contributed by atoms with Crippen LogP contribution < -0.4 is 19.1 Å². The Morgan fingerprint density at radius 1 is 1.06 bits per heavy atom. The Balaban J connectivity index is 1.96. The Morgan fingerprint density at radius 2 is 1.69 bits per heavy atom. The molecule has 1 heterocycles. The maximum Gasteiger partial charge on any atom is 0.244 e. The Bertz CT molecular complexity index is 1200. The monoisotopic (exact) mass is 543 g/mol. The minimum absolute atomic E-state index is 0.0193. The molecule has 1 aliphatic heterocycles. The number of nitrogens with one attached hydrogen (secondary N) is 1. The van der Waals surface area contributed by atoms with Crippen LogP contribution in [0, 0.1) is 0 Å². The van der Waals surface area contributed by atoms with Gasteiger partial charge in [-0.2, -0.15) is 0 Å². The average molecular weight is 544 g/mol. The van der Waals surface area contributed by atoms with E-state index in [2.05, 4.69) is 5.32 Å². The highest BCUT2D eigenvalue weighted by Gasteiger charge is 2.31. The van der Waals surface area contributed by atoms with Crippen LogP contribution in [0.1, 0.15) is 26.3 Å². The fourth-order valence-corrected chi connectivity index (χ4v) is 4.85. The van der Waals surface area contributed by atoms with E-state index < -0.39 is 34.4 Å². The number of hydrogen-bond donors (Lipinski definition) is 1. The summed E-state index contributed by atoms with van der Waals surface area (Å²) in [6.07, 6.45) is 0.995. The van der Waals surface area contributed by atoms with Crippen LogP contribution in [0.25, 0.3) is 0 Å². The molecule has 9 nitrogen and oxygen atoms in total. The molecule has 0 radical (unpaired) electrons. The smallest absolute Gasteiger partial charge is 0.244 e. The highest BCUT2D eigenvalue weighted by molar-refractivity contribution is 7.92. The molecule has 0 spiro atoms. The molecular weight excluding hydrogens is 517 g/mol. The van der Waals surface area contributed by atoms with Crippen molar-refractivity contribution in [3.05, 3.63) is 52.0 Å². The van der Waals surface area contributed by atoms with E-state index in [4.69, 9.17) is 32.7 Å². The minimum Gasteiger partial charge on any atom is -0.454 e. The number of hydrogen-bond acceptors (Lipinski definition) is 6. The van der Waals surface area contributed by atoms with Crippen molar-refractivity contribution in [1.29, 1.82) is 0 Å². The Morgan fingerprint density at radius 3 is 2.29 bits per heavy atom. The van der Waals surface area contributed by atoms with Gasteiger partial charge in [0.1, 0.15) is 12.6 Å². The van der Waals surface area contributed by atoms with E-state index in [1.807, 2.05) is 0 Å². The van der Waals surface area contributed by atoms with Gasteiger partial charge in [0.2, 0.25) is 28.6 Å². The molecule has 1 aliphatic rings. The van der Waals surface area contributed by atoms with Gasteiger partial charge in [-0.1, -0.05) is 29.3 Å². The molecule has 0 saturated carbocycles. The predicted molar refractivity (Wildman–Crippen MR) is 135 cm³/mol. The van der Waals surface area contributed by atoms with Crippen molar-refractivity contribution in [2.75, 3.05) is 23.9 Å². The van der Waals surface area contributed by atoms with Crippen LogP contribution in [-0.2, 0) is 26.2 Å². The molecule has 190 valence electrons. The van der Waals surface area contributed by atoms with Gasteiger partial charge in [0.05, 0.1) is 11.9 Å².